The molecule has 2 aromatic heterocycles. The number of rotatable bonds is 8. The van der Waals surface area contributed by atoms with Crippen molar-refractivity contribution in [2.24, 2.45) is 0 Å². The van der Waals surface area contributed by atoms with Gasteiger partial charge in [0.25, 0.3) is 0 Å². The molecule has 3 aromatic rings. The van der Waals surface area contributed by atoms with Gasteiger partial charge >= 0.3 is 0 Å². The van der Waals surface area contributed by atoms with E-state index >= 15 is 0 Å². The minimum atomic E-state index is -0.183. The Labute approximate surface area is 180 Å². The summed E-state index contributed by atoms with van der Waals surface area (Å²) in [4.78, 5) is 18.4. The molecule has 0 unspecified atom stereocenters. The third kappa shape index (κ3) is 6.17. The third-order valence-electron chi connectivity index (χ3n) is 4.18. The molecule has 29 heavy (non-hydrogen) atoms. The van der Waals surface area contributed by atoms with E-state index in [0.717, 1.165) is 11.1 Å². The molecular weight excluding hydrogens is 404 g/mol. The van der Waals surface area contributed by atoms with Crippen LogP contribution in [0.1, 0.15) is 30.2 Å². The van der Waals surface area contributed by atoms with Crippen molar-refractivity contribution in [3.05, 3.63) is 76.4 Å². The fraction of sp³-hybridized carbons (Fsp3) is 0.217. The lowest BCUT2D eigenvalue weighted by Crippen LogP contribution is -2.26. The van der Waals surface area contributed by atoms with E-state index in [1.165, 1.54) is 15.8 Å². The maximum atomic E-state index is 11.8. The molecule has 1 amide bonds. The van der Waals surface area contributed by atoms with Gasteiger partial charge in [0.15, 0.2) is 0 Å². The van der Waals surface area contributed by atoms with Gasteiger partial charge in [0.1, 0.15) is 12.4 Å². The summed E-state index contributed by atoms with van der Waals surface area (Å²) in [7, 11) is 0. The summed E-state index contributed by atoms with van der Waals surface area (Å²) in [5.41, 5.74) is 1.95. The molecule has 0 aliphatic carbocycles. The van der Waals surface area contributed by atoms with E-state index in [1.807, 2.05) is 30.3 Å². The molecule has 0 bridgehead atoms. The average Bonchev–Trinajstić information content (AvgIpc) is 3.22. The van der Waals surface area contributed by atoms with E-state index in [1.54, 1.807) is 29.8 Å². The zero-order chi connectivity index (χ0) is 20.6. The summed E-state index contributed by atoms with van der Waals surface area (Å²) in [5, 5.41) is 3.34. The minimum absolute atomic E-state index is 0.183. The van der Waals surface area contributed by atoms with E-state index in [4.69, 9.17) is 16.3 Å². The highest BCUT2D eigenvalue weighted by atomic mass is 35.5. The summed E-state index contributed by atoms with van der Waals surface area (Å²) < 4.78 is 5.71. The third-order valence-corrected chi connectivity index (χ3v) is 5.91. The number of ether oxygens (including phenoxy) is 1. The zero-order valence-electron chi connectivity index (χ0n) is 16.4. The highest BCUT2D eigenvalue weighted by Gasteiger charge is 2.09. The first-order valence-corrected chi connectivity index (χ1v) is 10.6. The molecule has 2 heterocycles. The summed E-state index contributed by atoms with van der Waals surface area (Å²) in [6, 6.07) is 13.8. The number of pyridine rings is 1. The Morgan fingerprint density at radius 3 is 2.83 bits per heavy atom. The van der Waals surface area contributed by atoms with Crippen molar-refractivity contribution in [2.45, 2.75) is 19.8 Å². The van der Waals surface area contributed by atoms with Gasteiger partial charge < -0.3 is 10.1 Å². The Morgan fingerprint density at radius 1 is 1.28 bits per heavy atom. The number of benzene rings is 1. The monoisotopic (exact) mass is 426 g/mol. The largest absolute Gasteiger partial charge is 0.490 e. The second kappa shape index (κ2) is 10.2. The van der Waals surface area contributed by atoms with Crippen LogP contribution in [0, 0.1) is 0 Å². The Hall–Kier alpha value is -2.63. The number of thiophene rings is 1. The Bertz CT molecular complexity index is 984. The van der Waals surface area contributed by atoms with Crippen LogP contribution in [0.4, 0.5) is 0 Å². The van der Waals surface area contributed by atoms with E-state index in [-0.39, 0.29) is 5.91 Å². The number of carbonyl (C=O) groups excluding carboxylic acids is 1. The summed E-state index contributed by atoms with van der Waals surface area (Å²) in [6.07, 6.45) is 6.58. The van der Waals surface area contributed by atoms with Crippen LogP contribution in [0.5, 0.6) is 5.75 Å². The van der Waals surface area contributed by atoms with Crippen molar-refractivity contribution in [2.75, 3.05) is 13.2 Å². The van der Waals surface area contributed by atoms with Gasteiger partial charge in [-0.1, -0.05) is 31.5 Å². The topological polar surface area (TPSA) is 51.2 Å². The lowest BCUT2D eigenvalue weighted by atomic mass is 10.1. The van der Waals surface area contributed by atoms with Gasteiger partial charge in [-0.2, -0.15) is 0 Å². The maximum Gasteiger partial charge on any atom is 0.244 e. The molecule has 0 aliphatic heterocycles. The molecule has 0 aliphatic rings. The second-order valence-corrected chi connectivity index (χ2v) is 8.28. The van der Waals surface area contributed by atoms with Gasteiger partial charge in [-0.15, -0.1) is 11.3 Å². The first-order chi connectivity index (χ1) is 14.0. The van der Waals surface area contributed by atoms with E-state index in [2.05, 4.69) is 36.3 Å². The molecule has 0 spiro atoms. The fourth-order valence-electron chi connectivity index (χ4n) is 2.63. The number of nitrogens with one attached hydrogen (secondary N) is 1. The van der Waals surface area contributed by atoms with Crippen LogP contribution in [0.2, 0.25) is 5.02 Å². The number of amides is 1. The van der Waals surface area contributed by atoms with Crippen LogP contribution in [0.25, 0.3) is 16.5 Å². The number of hydrogen-bond acceptors (Lipinski definition) is 4. The number of nitrogens with zero attached hydrogens (tertiary/aromatic N) is 1. The second-order valence-electron chi connectivity index (χ2n) is 6.76. The summed E-state index contributed by atoms with van der Waals surface area (Å²) in [5.74, 6) is 0.940. The Morgan fingerprint density at radius 2 is 2.14 bits per heavy atom. The SMILES string of the molecule is CC(C)c1ccc(-c2ccc(OCCNC(=O)/C=C/c3cccnc3)c(Cl)c2)s1. The van der Waals surface area contributed by atoms with Gasteiger partial charge in [-0.05, 0) is 59.5 Å². The van der Waals surface area contributed by atoms with E-state index < -0.39 is 0 Å². The molecule has 0 saturated heterocycles. The standard InChI is InChI=1S/C23H23ClN2O2S/c1-16(2)21-8-9-22(29-21)18-6-7-20(19(24)14-18)28-13-12-26-23(27)10-5-17-4-3-11-25-15-17/h3-11,14-16H,12-13H2,1-2H3,(H,26,27)/b10-5+. The molecular formula is C23H23ClN2O2S. The molecule has 6 heteroatoms. The van der Waals surface area contributed by atoms with Crippen molar-refractivity contribution in [1.82, 2.24) is 10.3 Å². The highest BCUT2D eigenvalue weighted by molar-refractivity contribution is 7.15. The molecule has 1 N–H and O–H groups in total. The number of aromatic nitrogens is 1. The number of hydrogen-bond donors (Lipinski definition) is 1. The Balaban J connectivity index is 1.48. The predicted octanol–water partition coefficient (Wildman–Crippen LogP) is 5.80. The van der Waals surface area contributed by atoms with Crippen molar-refractivity contribution >= 4 is 34.9 Å². The van der Waals surface area contributed by atoms with Crippen molar-refractivity contribution in [3.8, 4) is 16.2 Å². The molecule has 1 aromatic carbocycles. The van der Waals surface area contributed by atoms with Crippen LogP contribution < -0.4 is 10.1 Å². The quantitative estimate of drug-likeness (QED) is 0.366. The van der Waals surface area contributed by atoms with Crippen LogP contribution in [0.15, 0.2) is 60.9 Å². The molecule has 0 fully saturated rings. The van der Waals surface area contributed by atoms with Gasteiger partial charge in [0, 0.05) is 28.2 Å². The van der Waals surface area contributed by atoms with Gasteiger partial charge in [-0.25, -0.2) is 0 Å². The van der Waals surface area contributed by atoms with E-state index in [9.17, 15) is 4.79 Å². The van der Waals surface area contributed by atoms with E-state index in [0.29, 0.717) is 29.8 Å². The molecule has 150 valence electrons. The smallest absolute Gasteiger partial charge is 0.244 e. The fourth-order valence-corrected chi connectivity index (χ4v) is 3.87. The van der Waals surface area contributed by atoms with Crippen LogP contribution >= 0.6 is 22.9 Å². The average molecular weight is 427 g/mol. The van der Waals surface area contributed by atoms with Crippen molar-refractivity contribution in [1.29, 1.82) is 0 Å². The normalized spacial score (nSPS) is 11.2. The summed E-state index contributed by atoms with van der Waals surface area (Å²) >= 11 is 8.16. The van der Waals surface area contributed by atoms with Crippen LogP contribution in [-0.2, 0) is 4.79 Å². The molecule has 0 atom stereocenters. The highest BCUT2D eigenvalue weighted by Crippen LogP contribution is 2.35. The van der Waals surface area contributed by atoms with Crippen LogP contribution in [-0.4, -0.2) is 24.0 Å². The van der Waals surface area contributed by atoms with Gasteiger partial charge in [-0.3, -0.25) is 9.78 Å². The predicted molar refractivity (Wildman–Crippen MR) is 121 cm³/mol. The van der Waals surface area contributed by atoms with Crippen LogP contribution in [0.3, 0.4) is 0 Å². The first kappa shape index (κ1) is 21.1. The number of halogens is 1. The Kier molecular flexibility index (Phi) is 7.44. The molecule has 3 rings (SSSR count). The summed E-state index contributed by atoms with van der Waals surface area (Å²) in [6.45, 7) is 5.10. The molecule has 4 nitrogen and oxygen atoms in total. The lowest BCUT2D eigenvalue weighted by molar-refractivity contribution is -0.116. The van der Waals surface area contributed by atoms with Gasteiger partial charge in [0.05, 0.1) is 11.6 Å². The number of carbonyl (C=O) groups is 1. The first-order valence-electron chi connectivity index (χ1n) is 9.41. The maximum absolute atomic E-state index is 11.8. The van der Waals surface area contributed by atoms with Crippen molar-refractivity contribution < 1.29 is 9.53 Å². The zero-order valence-corrected chi connectivity index (χ0v) is 18.0. The molecule has 0 radical (unpaired) electrons. The van der Waals surface area contributed by atoms with Gasteiger partial charge in [0.2, 0.25) is 5.91 Å². The minimum Gasteiger partial charge on any atom is -0.490 e. The lowest BCUT2D eigenvalue weighted by Gasteiger charge is -2.09. The van der Waals surface area contributed by atoms with Crippen molar-refractivity contribution in [3.63, 3.8) is 0 Å². The molecule has 0 saturated carbocycles.